The second kappa shape index (κ2) is 4.76. The van der Waals surface area contributed by atoms with Crippen molar-refractivity contribution in [1.82, 2.24) is 4.72 Å². The average Bonchev–Trinajstić information content (AvgIpc) is 3.00. The van der Waals surface area contributed by atoms with Gasteiger partial charge in [-0.1, -0.05) is 31.2 Å². The average molecular weight is 277 g/mol. The molecule has 2 aliphatic carbocycles. The van der Waals surface area contributed by atoms with Crippen molar-refractivity contribution >= 4 is 10.0 Å². The summed E-state index contributed by atoms with van der Waals surface area (Å²) in [5, 5.41) is 0. The minimum absolute atomic E-state index is 0.0749. The first-order valence-corrected chi connectivity index (χ1v) is 8.36. The van der Waals surface area contributed by atoms with Crippen molar-refractivity contribution in [2.24, 2.45) is 11.8 Å². The van der Waals surface area contributed by atoms with Crippen LogP contribution in [0.4, 0.5) is 0 Å². The van der Waals surface area contributed by atoms with Crippen molar-refractivity contribution in [1.29, 1.82) is 0 Å². The number of hydrogen-bond donors (Lipinski definition) is 1. The van der Waals surface area contributed by atoms with Gasteiger partial charge in [0.1, 0.15) is 0 Å². The fraction of sp³-hybridized carbons (Fsp3) is 0.467. The van der Waals surface area contributed by atoms with E-state index in [0.29, 0.717) is 16.7 Å². The van der Waals surface area contributed by atoms with Crippen LogP contribution in [0.25, 0.3) is 0 Å². The highest BCUT2D eigenvalue weighted by atomic mass is 32.2. The summed E-state index contributed by atoms with van der Waals surface area (Å²) in [4.78, 5) is 0.372. The second-order valence-corrected chi connectivity index (χ2v) is 7.22. The first kappa shape index (κ1) is 12.9. The number of benzene rings is 1. The molecule has 2 aliphatic rings. The maximum absolute atomic E-state index is 12.3. The van der Waals surface area contributed by atoms with Crippen LogP contribution in [0.1, 0.15) is 25.3 Å². The maximum atomic E-state index is 12.3. The quantitative estimate of drug-likeness (QED) is 0.859. The Hall–Kier alpha value is -1.13. The molecule has 0 spiro atoms. The fourth-order valence-corrected chi connectivity index (χ4v) is 4.39. The molecule has 1 aromatic rings. The Morgan fingerprint density at radius 2 is 1.89 bits per heavy atom. The molecule has 0 radical (unpaired) electrons. The molecule has 1 fully saturated rings. The van der Waals surface area contributed by atoms with Gasteiger partial charge in [0, 0.05) is 6.04 Å². The lowest BCUT2D eigenvalue weighted by molar-refractivity contribution is 0.503. The number of allylic oxidation sites excluding steroid dienone is 1. The molecule has 19 heavy (non-hydrogen) atoms. The predicted molar refractivity (Wildman–Crippen MR) is 75.3 cm³/mol. The molecule has 3 rings (SSSR count). The molecule has 3 nitrogen and oxygen atoms in total. The van der Waals surface area contributed by atoms with Crippen molar-refractivity contribution in [2.45, 2.75) is 37.1 Å². The summed E-state index contributed by atoms with van der Waals surface area (Å²) in [6.45, 7) is 2.06. The van der Waals surface area contributed by atoms with Crippen LogP contribution in [0.15, 0.2) is 41.3 Å². The van der Waals surface area contributed by atoms with Gasteiger partial charge in [-0.15, -0.1) is 0 Å². The van der Waals surface area contributed by atoms with Gasteiger partial charge in [0.05, 0.1) is 4.90 Å². The minimum Gasteiger partial charge on any atom is -0.207 e. The Bertz CT molecular complexity index is 589. The highest BCUT2D eigenvalue weighted by Crippen LogP contribution is 2.39. The zero-order valence-corrected chi connectivity index (χ0v) is 11.9. The summed E-state index contributed by atoms with van der Waals surface area (Å²) in [5.41, 5.74) is 1.15. The third kappa shape index (κ3) is 2.47. The van der Waals surface area contributed by atoms with Gasteiger partial charge in [-0.25, -0.2) is 13.1 Å². The number of aryl methyl sites for hydroxylation is 1. The third-order valence-corrected chi connectivity index (χ3v) is 5.73. The molecule has 3 unspecified atom stereocenters. The van der Waals surface area contributed by atoms with Crippen LogP contribution in [0, 0.1) is 11.8 Å². The Morgan fingerprint density at radius 1 is 1.16 bits per heavy atom. The van der Waals surface area contributed by atoms with Crippen LogP contribution in [0.5, 0.6) is 0 Å². The molecule has 0 saturated heterocycles. The van der Waals surface area contributed by atoms with E-state index in [2.05, 4.69) is 23.8 Å². The smallest absolute Gasteiger partial charge is 0.207 e. The lowest BCUT2D eigenvalue weighted by Crippen LogP contribution is -2.37. The van der Waals surface area contributed by atoms with E-state index >= 15 is 0 Å². The van der Waals surface area contributed by atoms with E-state index in [4.69, 9.17) is 0 Å². The molecule has 0 amide bonds. The number of rotatable bonds is 4. The van der Waals surface area contributed by atoms with Gasteiger partial charge in [0.25, 0.3) is 0 Å². The molecular weight excluding hydrogens is 258 g/mol. The zero-order valence-electron chi connectivity index (χ0n) is 11.0. The zero-order chi connectivity index (χ0) is 13.5. The van der Waals surface area contributed by atoms with Crippen LogP contribution in [0.2, 0.25) is 0 Å². The van der Waals surface area contributed by atoms with Gasteiger partial charge < -0.3 is 0 Å². The van der Waals surface area contributed by atoms with Crippen LogP contribution < -0.4 is 4.72 Å². The van der Waals surface area contributed by atoms with Crippen molar-refractivity contribution in [3.05, 3.63) is 42.0 Å². The number of fused-ring (bicyclic) bond motifs is 2. The number of nitrogens with one attached hydrogen (secondary N) is 1. The highest BCUT2D eigenvalue weighted by molar-refractivity contribution is 7.89. The monoisotopic (exact) mass is 277 g/mol. The molecule has 1 N–H and O–H groups in total. The van der Waals surface area contributed by atoms with E-state index in [1.165, 1.54) is 0 Å². The van der Waals surface area contributed by atoms with Gasteiger partial charge in [-0.3, -0.25) is 0 Å². The van der Waals surface area contributed by atoms with Gasteiger partial charge in [-0.05, 0) is 48.8 Å². The van der Waals surface area contributed by atoms with Crippen LogP contribution in [-0.2, 0) is 16.4 Å². The lowest BCUT2D eigenvalue weighted by atomic mass is 10.0. The van der Waals surface area contributed by atoms with E-state index in [-0.39, 0.29) is 6.04 Å². The van der Waals surface area contributed by atoms with Crippen molar-refractivity contribution in [3.8, 4) is 0 Å². The highest BCUT2D eigenvalue weighted by Gasteiger charge is 2.37. The Balaban J connectivity index is 1.77. The van der Waals surface area contributed by atoms with Crippen molar-refractivity contribution in [2.75, 3.05) is 0 Å². The molecule has 3 atom stereocenters. The standard InChI is InChI=1S/C15H19NO2S/c1-2-11-4-7-14(8-5-11)19(17,18)16-15-10-12-3-6-13(15)9-12/h3-8,12-13,15-16H,2,9-10H2,1H3. The molecule has 1 saturated carbocycles. The number of sulfonamides is 1. The van der Waals surface area contributed by atoms with Gasteiger partial charge in [-0.2, -0.15) is 0 Å². The summed E-state index contributed by atoms with van der Waals surface area (Å²) < 4.78 is 27.5. The summed E-state index contributed by atoms with van der Waals surface area (Å²) >= 11 is 0. The summed E-state index contributed by atoms with van der Waals surface area (Å²) in [6, 6.07) is 7.24. The fourth-order valence-electron chi connectivity index (χ4n) is 3.09. The predicted octanol–water partition coefficient (Wildman–Crippen LogP) is 2.49. The molecule has 0 heterocycles. The molecule has 0 aliphatic heterocycles. The first-order valence-electron chi connectivity index (χ1n) is 6.88. The van der Waals surface area contributed by atoms with Crippen molar-refractivity contribution < 1.29 is 8.42 Å². The van der Waals surface area contributed by atoms with Gasteiger partial charge in [0.2, 0.25) is 10.0 Å². The van der Waals surface area contributed by atoms with E-state index in [0.717, 1.165) is 24.8 Å². The molecule has 0 aromatic heterocycles. The van der Waals surface area contributed by atoms with E-state index in [9.17, 15) is 8.42 Å². The Kier molecular flexibility index (Phi) is 3.23. The normalized spacial score (nSPS) is 29.0. The molecular formula is C15H19NO2S. The van der Waals surface area contributed by atoms with E-state index in [1.54, 1.807) is 12.1 Å². The van der Waals surface area contributed by atoms with Crippen LogP contribution >= 0.6 is 0 Å². The van der Waals surface area contributed by atoms with E-state index < -0.39 is 10.0 Å². The van der Waals surface area contributed by atoms with Crippen LogP contribution in [0.3, 0.4) is 0 Å². The molecule has 1 aromatic carbocycles. The van der Waals surface area contributed by atoms with E-state index in [1.807, 2.05) is 12.1 Å². The molecule has 4 heteroatoms. The minimum atomic E-state index is -3.38. The summed E-state index contributed by atoms with van der Waals surface area (Å²) in [6.07, 6.45) is 7.33. The van der Waals surface area contributed by atoms with Crippen LogP contribution in [-0.4, -0.2) is 14.5 Å². The number of hydrogen-bond acceptors (Lipinski definition) is 2. The SMILES string of the molecule is CCc1ccc(S(=O)(=O)NC2CC3C=CC2C3)cc1. The Morgan fingerprint density at radius 3 is 2.42 bits per heavy atom. The third-order valence-electron chi connectivity index (χ3n) is 4.23. The molecule has 102 valence electrons. The lowest BCUT2D eigenvalue weighted by Gasteiger charge is -2.19. The van der Waals surface area contributed by atoms with Gasteiger partial charge in [0.15, 0.2) is 0 Å². The first-order chi connectivity index (χ1) is 9.08. The second-order valence-electron chi connectivity index (χ2n) is 5.51. The van der Waals surface area contributed by atoms with Crippen molar-refractivity contribution in [3.63, 3.8) is 0 Å². The summed E-state index contributed by atoms with van der Waals surface area (Å²) in [7, 11) is -3.38. The topological polar surface area (TPSA) is 46.2 Å². The molecule has 2 bridgehead atoms. The van der Waals surface area contributed by atoms with Gasteiger partial charge >= 0.3 is 0 Å². The maximum Gasteiger partial charge on any atom is 0.240 e. The largest absolute Gasteiger partial charge is 0.240 e. The summed E-state index contributed by atoms with van der Waals surface area (Å²) in [5.74, 6) is 0.954. The Labute approximate surface area is 114 Å².